The van der Waals surface area contributed by atoms with Gasteiger partial charge in [0, 0.05) is 35.2 Å². The van der Waals surface area contributed by atoms with E-state index in [1.807, 2.05) is 18.2 Å². The van der Waals surface area contributed by atoms with E-state index in [9.17, 15) is 0 Å². The molecule has 1 saturated heterocycles. The Morgan fingerprint density at radius 2 is 2.04 bits per heavy atom. The van der Waals surface area contributed by atoms with Gasteiger partial charge < -0.3 is 15.4 Å². The fraction of sp³-hybridized carbons (Fsp3) is 0.667. The van der Waals surface area contributed by atoms with Gasteiger partial charge in [-0.05, 0) is 42.4 Å². The Morgan fingerprint density at radius 1 is 1.29 bits per heavy atom. The summed E-state index contributed by atoms with van der Waals surface area (Å²) in [5.74, 6) is 0.956. The van der Waals surface area contributed by atoms with Crippen LogP contribution in [0.4, 0.5) is 0 Å². The Morgan fingerprint density at radius 3 is 2.71 bits per heavy atom. The molecular weight excluding hydrogens is 367 g/mol. The molecule has 4 atom stereocenters. The Hall–Kier alpha value is -0.0300. The van der Waals surface area contributed by atoms with Crippen LogP contribution in [0.1, 0.15) is 37.7 Å². The second-order valence-electron chi connectivity index (χ2n) is 6.78. The number of morpholine rings is 1. The second-order valence-corrected chi connectivity index (χ2v) is 7.60. The predicted octanol–water partition coefficient (Wildman–Crippen LogP) is 4.27. The summed E-state index contributed by atoms with van der Waals surface area (Å²) in [4.78, 5) is 0. The summed E-state index contributed by atoms with van der Waals surface area (Å²) in [6.45, 7) is 5.74. The molecule has 0 radical (unpaired) electrons. The van der Waals surface area contributed by atoms with E-state index < -0.39 is 0 Å². The van der Waals surface area contributed by atoms with Crippen LogP contribution in [-0.4, -0.2) is 38.4 Å². The van der Waals surface area contributed by atoms with E-state index in [0.29, 0.717) is 23.9 Å². The van der Waals surface area contributed by atoms with Crippen LogP contribution in [0, 0.1) is 5.92 Å². The van der Waals surface area contributed by atoms with Gasteiger partial charge in [-0.15, -0.1) is 12.4 Å². The lowest BCUT2D eigenvalue weighted by atomic mass is 9.93. The van der Waals surface area contributed by atoms with E-state index in [-0.39, 0.29) is 12.4 Å². The molecule has 3 nitrogen and oxygen atoms in total. The second kappa shape index (κ2) is 9.61. The van der Waals surface area contributed by atoms with Crippen LogP contribution in [-0.2, 0) is 4.74 Å². The molecule has 0 amide bonds. The molecule has 1 aliphatic carbocycles. The molecule has 1 aromatic rings. The third kappa shape index (κ3) is 4.78. The average Bonchev–Trinajstić information content (AvgIpc) is 3.02. The molecule has 1 saturated carbocycles. The number of nitrogens with one attached hydrogen (secondary N) is 2. The minimum absolute atomic E-state index is 0. The molecule has 1 heterocycles. The first kappa shape index (κ1) is 20.3. The maximum atomic E-state index is 6.33. The Balaban J connectivity index is 0.00000208. The maximum absolute atomic E-state index is 6.33. The van der Waals surface area contributed by atoms with E-state index >= 15 is 0 Å². The van der Waals surface area contributed by atoms with Crippen molar-refractivity contribution in [2.24, 2.45) is 5.92 Å². The third-order valence-corrected chi connectivity index (χ3v) is 5.87. The fourth-order valence-corrected chi connectivity index (χ4v) is 4.77. The van der Waals surface area contributed by atoms with Crippen LogP contribution < -0.4 is 10.6 Å². The van der Waals surface area contributed by atoms with Crippen LogP contribution in [0.3, 0.4) is 0 Å². The molecule has 3 rings (SSSR count). The summed E-state index contributed by atoms with van der Waals surface area (Å²) in [5, 5.41) is 8.91. The van der Waals surface area contributed by atoms with E-state index in [0.717, 1.165) is 41.9 Å². The first-order valence-electron chi connectivity index (χ1n) is 8.65. The van der Waals surface area contributed by atoms with Crippen molar-refractivity contribution in [3.63, 3.8) is 0 Å². The van der Waals surface area contributed by atoms with E-state index in [2.05, 4.69) is 17.6 Å². The zero-order chi connectivity index (χ0) is 16.2. The molecule has 2 N–H and O–H groups in total. The largest absolute Gasteiger partial charge is 0.379 e. The lowest BCUT2D eigenvalue weighted by Crippen LogP contribution is -2.51. The lowest BCUT2D eigenvalue weighted by molar-refractivity contribution is 0.0525. The van der Waals surface area contributed by atoms with E-state index in [1.54, 1.807) is 0 Å². The van der Waals surface area contributed by atoms with Gasteiger partial charge in [-0.2, -0.15) is 0 Å². The number of benzene rings is 1. The van der Waals surface area contributed by atoms with Crippen molar-refractivity contribution < 1.29 is 4.74 Å². The SMILES string of the molecule is CC(CNC1CCCC1C1COCCN1)c1c(Cl)cccc1Cl.Cl. The quantitative estimate of drug-likeness (QED) is 0.784. The lowest BCUT2D eigenvalue weighted by Gasteiger charge is -2.33. The Labute approximate surface area is 161 Å². The van der Waals surface area contributed by atoms with Gasteiger partial charge in [-0.1, -0.05) is 42.6 Å². The van der Waals surface area contributed by atoms with Gasteiger partial charge in [0.2, 0.25) is 0 Å². The third-order valence-electron chi connectivity index (χ3n) is 5.22. The van der Waals surface area contributed by atoms with Crippen molar-refractivity contribution in [2.45, 2.75) is 44.2 Å². The molecule has 1 aromatic carbocycles. The standard InChI is InChI=1S/C18H26Cl2N2O.ClH/c1-12(18-14(19)5-3-6-15(18)20)10-22-16-7-2-4-13(16)17-11-23-9-8-21-17;/h3,5-6,12-13,16-17,21-22H,2,4,7-11H2,1H3;1H. The van der Waals surface area contributed by atoms with Crippen molar-refractivity contribution in [1.29, 1.82) is 0 Å². The minimum atomic E-state index is 0. The highest BCUT2D eigenvalue weighted by molar-refractivity contribution is 6.36. The van der Waals surface area contributed by atoms with Gasteiger partial charge in [0.05, 0.1) is 13.2 Å². The van der Waals surface area contributed by atoms with Gasteiger partial charge in [-0.3, -0.25) is 0 Å². The first-order valence-corrected chi connectivity index (χ1v) is 9.41. The summed E-state index contributed by atoms with van der Waals surface area (Å²) in [6, 6.07) is 6.78. The molecular formula is C18H27Cl3N2O. The number of hydrogen-bond donors (Lipinski definition) is 2. The van der Waals surface area contributed by atoms with Crippen LogP contribution in [0.2, 0.25) is 10.0 Å². The van der Waals surface area contributed by atoms with Gasteiger partial charge in [0.15, 0.2) is 0 Å². The van der Waals surface area contributed by atoms with Crippen LogP contribution in [0.25, 0.3) is 0 Å². The summed E-state index contributed by atoms with van der Waals surface area (Å²) in [5.41, 5.74) is 1.05. The summed E-state index contributed by atoms with van der Waals surface area (Å²) in [6.07, 6.45) is 3.81. The highest BCUT2D eigenvalue weighted by atomic mass is 35.5. The zero-order valence-electron chi connectivity index (χ0n) is 14.1. The van der Waals surface area contributed by atoms with Gasteiger partial charge in [-0.25, -0.2) is 0 Å². The molecule has 0 spiro atoms. The van der Waals surface area contributed by atoms with Crippen LogP contribution >= 0.6 is 35.6 Å². The number of rotatable bonds is 5. The number of halogens is 3. The zero-order valence-corrected chi connectivity index (χ0v) is 16.4. The van der Waals surface area contributed by atoms with Gasteiger partial charge >= 0.3 is 0 Å². The number of hydrogen-bond acceptors (Lipinski definition) is 3. The molecule has 6 heteroatoms. The van der Waals surface area contributed by atoms with Crippen LogP contribution in [0.15, 0.2) is 18.2 Å². The molecule has 2 aliphatic rings. The van der Waals surface area contributed by atoms with E-state index in [4.69, 9.17) is 27.9 Å². The topological polar surface area (TPSA) is 33.3 Å². The van der Waals surface area contributed by atoms with Crippen LogP contribution in [0.5, 0.6) is 0 Å². The van der Waals surface area contributed by atoms with Gasteiger partial charge in [0.1, 0.15) is 0 Å². The summed E-state index contributed by atoms with van der Waals surface area (Å²) < 4.78 is 5.64. The Kier molecular flexibility index (Phi) is 8.12. The Bertz CT molecular complexity index is 503. The van der Waals surface area contributed by atoms with Crippen molar-refractivity contribution in [2.75, 3.05) is 26.3 Å². The number of ether oxygens (including phenoxy) is 1. The molecule has 0 bridgehead atoms. The average molecular weight is 394 g/mol. The normalized spacial score (nSPS) is 28.4. The summed E-state index contributed by atoms with van der Waals surface area (Å²) >= 11 is 12.7. The van der Waals surface area contributed by atoms with E-state index in [1.165, 1.54) is 19.3 Å². The minimum Gasteiger partial charge on any atom is -0.379 e. The highest BCUT2D eigenvalue weighted by Crippen LogP contribution is 2.33. The molecule has 4 unspecified atom stereocenters. The molecule has 24 heavy (non-hydrogen) atoms. The smallest absolute Gasteiger partial charge is 0.0623 e. The maximum Gasteiger partial charge on any atom is 0.0623 e. The predicted molar refractivity (Wildman–Crippen MR) is 104 cm³/mol. The van der Waals surface area contributed by atoms with Crippen molar-refractivity contribution in [3.05, 3.63) is 33.8 Å². The fourth-order valence-electron chi connectivity index (χ4n) is 4.00. The molecule has 2 fully saturated rings. The summed E-state index contributed by atoms with van der Waals surface area (Å²) in [7, 11) is 0. The molecule has 1 aliphatic heterocycles. The van der Waals surface area contributed by atoms with Crippen molar-refractivity contribution in [3.8, 4) is 0 Å². The highest BCUT2D eigenvalue weighted by Gasteiger charge is 2.34. The van der Waals surface area contributed by atoms with Gasteiger partial charge in [0.25, 0.3) is 0 Å². The van der Waals surface area contributed by atoms with Crippen molar-refractivity contribution in [1.82, 2.24) is 10.6 Å². The van der Waals surface area contributed by atoms with Crippen molar-refractivity contribution >= 4 is 35.6 Å². The molecule has 0 aromatic heterocycles. The first-order chi connectivity index (χ1) is 11.2. The molecule has 136 valence electrons. The monoisotopic (exact) mass is 392 g/mol.